The van der Waals surface area contributed by atoms with E-state index in [0.717, 1.165) is 0 Å². The minimum Gasteiger partial charge on any atom is -0.316 e. The van der Waals surface area contributed by atoms with Gasteiger partial charge in [-0.1, -0.05) is 32.8 Å². The van der Waals surface area contributed by atoms with Crippen LogP contribution in [0, 0.1) is 0 Å². The molecule has 0 radical (unpaired) electrons. The Morgan fingerprint density at radius 3 is 2.79 bits per heavy atom. The second-order valence-corrected chi connectivity index (χ2v) is 6.65. The van der Waals surface area contributed by atoms with Crippen molar-refractivity contribution >= 4 is 21.4 Å². The Labute approximate surface area is 121 Å². The van der Waals surface area contributed by atoms with Crippen molar-refractivity contribution in [1.82, 2.24) is 5.32 Å². The second-order valence-electron chi connectivity index (χ2n) is 5.70. The summed E-state index contributed by atoms with van der Waals surface area (Å²) in [4.78, 5) is 0. The SMILES string of the molecule is CCCCC(C)(c1ccc2sccc2c1)C(C)NC. The van der Waals surface area contributed by atoms with Crippen molar-refractivity contribution in [2.24, 2.45) is 0 Å². The summed E-state index contributed by atoms with van der Waals surface area (Å²) in [6.07, 6.45) is 3.78. The molecule has 0 fully saturated rings. The molecule has 1 aromatic carbocycles. The first kappa shape index (κ1) is 14.5. The number of thiophene rings is 1. The van der Waals surface area contributed by atoms with Crippen LogP contribution in [0.1, 0.15) is 45.6 Å². The fourth-order valence-electron chi connectivity index (χ4n) is 2.80. The summed E-state index contributed by atoms with van der Waals surface area (Å²) in [6.45, 7) is 6.97. The maximum absolute atomic E-state index is 3.46. The molecular weight excluding hydrogens is 250 g/mol. The smallest absolute Gasteiger partial charge is 0.0342 e. The van der Waals surface area contributed by atoms with Crippen LogP contribution in [0.5, 0.6) is 0 Å². The molecule has 104 valence electrons. The normalized spacial score (nSPS) is 16.4. The summed E-state index contributed by atoms with van der Waals surface area (Å²) in [7, 11) is 2.07. The largest absolute Gasteiger partial charge is 0.316 e. The maximum Gasteiger partial charge on any atom is 0.0342 e. The van der Waals surface area contributed by atoms with Gasteiger partial charge in [-0.15, -0.1) is 11.3 Å². The summed E-state index contributed by atoms with van der Waals surface area (Å²) in [5, 5.41) is 7.02. The van der Waals surface area contributed by atoms with Crippen LogP contribution in [0.3, 0.4) is 0 Å². The molecule has 1 heterocycles. The van der Waals surface area contributed by atoms with E-state index in [1.165, 1.54) is 34.9 Å². The summed E-state index contributed by atoms with van der Waals surface area (Å²) >= 11 is 1.82. The molecular formula is C17H25NS. The van der Waals surface area contributed by atoms with Gasteiger partial charge in [0.1, 0.15) is 0 Å². The minimum absolute atomic E-state index is 0.209. The molecule has 2 rings (SSSR count). The van der Waals surface area contributed by atoms with Crippen LogP contribution in [0.25, 0.3) is 10.1 Å². The van der Waals surface area contributed by atoms with Gasteiger partial charge in [0, 0.05) is 16.2 Å². The van der Waals surface area contributed by atoms with Gasteiger partial charge < -0.3 is 5.32 Å². The Morgan fingerprint density at radius 2 is 2.11 bits per heavy atom. The highest BCUT2D eigenvalue weighted by Gasteiger charge is 2.31. The van der Waals surface area contributed by atoms with Crippen molar-refractivity contribution in [2.75, 3.05) is 7.05 Å². The average molecular weight is 275 g/mol. The highest BCUT2D eigenvalue weighted by Crippen LogP contribution is 2.35. The fourth-order valence-corrected chi connectivity index (χ4v) is 3.57. The quantitative estimate of drug-likeness (QED) is 0.786. The van der Waals surface area contributed by atoms with Crippen LogP contribution >= 0.6 is 11.3 Å². The zero-order chi connectivity index (χ0) is 13.9. The molecule has 0 aliphatic carbocycles. The lowest BCUT2D eigenvalue weighted by atomic mass is 9.72. The summed E-state index contributed by atoms with van der Waals surface area (Å²) in [6, 6.07) is 9.70. The lowest BCUT2D eigenvalue weighted by molar-refractivity contribution is 0.319. The lowest BCUT2D eigenvalue weighted by Gasteiger charge is -2.36. The first-order chi connectivity index (χ1) is 9.11. The minimum atomic E-state index is 0.209. The Hall–Kier alpha value is -0.860. The zero-order valence-electron chi connectivity index (χ0n) is 12.5. The van der Waals surface area contributed by atoms with Gasteiger partial charge in [-0.05, 0) is 54.9 Å². The third-order valence-corrected chi connectivity index (χ3v) is 5.45. The fraction of sp³-hybridized carbons (Fsp3) is 0.529. The summed E-state index contributed by atoms with van der Waals surface area (Å²) in [5.41, 5.74) is 1.68. The topological polar surface area (TPSA) is 12.0 Å². The number of unbranched alkanes of at least 4 members (excludes halogenated alkanes) is 1. The standard InChI is InChI=1S/C17H25NS/c1-5-6-10-17(3,13(2)18-4)15-7-8-16-14(12-15)9-11-19-16/h7-9,11-13,18H,5-6,10H2,1-4H3. The van der Waals surface area contributed by atoms with E-state index in [9.17, 15) is 0 Å². The highest BCUT2D eigenvalue weighted by molar-refractivity contribution is 7.17. The summed E-state index contributed by atoms with van der Waals surface area (Å²) in [5.74, 6) is 0. The zero-order valence-corrected chi connectivity index (χ0v) is 13.3. The molecule has 1 aromatic heterocycles. The van der Waals surface area contributed by atoms with Crippen molar-refractivity contribution in [3.05, 3.63) is 35.2 Å². The predicted octanol–water partition coefficient (Wildman–Crippen LogP) is 4.96. The molecule has 2 aromatic rings. The van der Waals surface area contributed by atoms with E-state index in [-0.39, 0.29) is 5.41 Å². The van der Waals surface area contributed by atoms with Gasteiger partial charge in [0.2, 0.25) is 0 Å². The van der Waals surface area contributed by atoms with E-state index in [1.807, 2.05) is 11.3 Å². The van der Waals surface area contributed by atoms with E-state index in [4.69, 9.17) is 0 Å². The number of likely N-dealkylation sites (N-methyl/N-ethyl adjacent to an activating group) is 1. The van der Waals surface area contributed by atoms with Crippen LogP contribution < -0.4 is 5.32 Å². The van der Waals surface area contributed by atoms with Crippen LogP contribution in [0.2, 0.25) is 0 Å². The van der Waals surface area contributed by atoms with Crippen molar-refractivity contribution in [3.8, 4) is 0 Å². The molecule has 0 aliphatic rings. The molecule has 0 saturated carbocycles. The number of fused-ring (bicyclic) bond motifs is 1. The number of benzene rings is 1. The Morgan fingerprint density at radius 1 is 1.32 bits per heavy atom. The Kier molecular flexibility index (Phi) is 4.64. The van der Waals surface area contributed by atoms with Crippen LogP contribution in [0.15, 0.2) is 29.6 Å². The molecule has 0 aliphatic heterocycles. The van der Waals surface area contributed by atoms with Gasteiger partial charge >= 0.3 is 0 Å². The van der Waals surface area contributed by atoms with Crippen molar-refractivity contribution in [1.29, 1.82) is 0 Å². The van der Waals surface area contributed by atoms with Gasteiger partial charge in [0.25, 0.3) is 0 Å². The first-order valence-corrected chi connectivity index (χ1v) is 8.14. The molecule has 0 amide bonds. The lowest BCUT2D eigenvalue weighted by Crippen LogP contribution is -2.43. The van der Waals surface area contributed by atoms with Crippen molar-refractivity contribution in [2.45, 2.75) is 51.5 Å². The average Bonchev–Trinajstić information content (AvgIpc) is 2.91. The van der Waals surface area contributed by atoms with Crippen LogP contribution in [0.4, 0.5) is 0 Å². The predicted molar refractivity (Wildman–Crippen MR) is 87.2 cm³/mol. The van der Waals surface area contributed by atoms with Gasteiger partial charge in [-0.3, -0.25) is 0 Å². The third kappa shape index (κ3) is 2.85. The number of nitrogens with one attached hydrogen (secondary N) is 1. The maximum atomic E-state index is 3.46. The molecule has 2 heteroatoms. The molecule has 1 N–H and O–H groups in total. The van der Waals surface area contributed by atoms with E-state index in [1.54, 1.807) is 0 Å². The Balaban J connectivity index is 2.40. The molecule has 0 bridgehead atoms. The van der Waals surface area contributed by atoms with E-state index in [2.05, 4.69) is 62.8 Å². The molecule has 0 saturated heterocycles. The molecule has 2 unspecified atom stereocenters. The monoisotopic (exact) mass is 275 g/mol. The van der Waals surface area contributed by atoms with E-state index >= 15 is 0 Å². The third-order valence-electron chi connectivity index (χ3n) is 4.55. The Bertz CT molecular complexity index is 531. The molecule has 1 nitrogen and oxygen atoms in total. The highest BCUT2D eigenvalue weighted by atomic mass is 32.1. The van der Waals surface area contributed by atoms with Crippen LogP contribution in [-0.4, -0.2) is 13.1 Å². The summed E-state index contributed by atoms with van der Waals surface area (Å²) < 4.78 is 1.39. The second kappa shape index (κ2) is 6.06. The number of hydrogen-bond donors (Lipinski definition) is 1. The van der Waals surface area contributed by atoms with Gasteiger partial charge in [-0.2, -0.15) is 0 Å². The van der Waals surface area contributed by atoms with Gasteiger partial charge in [-0.25, -0.2) is 0 Å². The van der Waals surface area contributed by atoms with E-state index < -0.39 is 0 Å². The number of rotatable bonds is 6. The van der Waals surface area contributed by atoms with Crippen molar-refractivity contribution < 1.29 is 0 Å². The van der Waals surface area contributed by atoms with Crippen molar-refractivity contribution in [3.63, 3.8) is 0 Å². The first-order valence-electron chi connectivity index (χ1n) is 7.27. The molecule has 19 heavy (non-hydrogen) atoms. The van der Waals surface area contributed by atoms with E-state index in [0.29, 0.717) is 6.04 Å². The number of hydrogen-bond acceptors (Lipinski definition) is 2. The van der Waals surface area contributed by atoms with Crippen LogP contribution in [-0.2, 0) is 5.41 Å². The molecule has 2 atom stereocenters. The van der Waals surface area contributed by atoms with Gasteiger partial charge in [0.05, 0.1) is 0 Å². The van der Waals surface area contributed by atoms with Gasteiger partial charge in [0.15, 0.2) is 0 Å². The molecule has 0 spiro atoms.